The van der Waals surface area contributed by atoms with Crippen molar-refractivity contribution in [1.82, 2.24) is 9.55 Å². The van der Waals surface area contributed by atoms with E-state index < -0.39 is 0 Å². The lowest BCUT2D eigenvalue weighted by atomic mass is 9.87. The van der Waals surface area contributed by atoms with Gasteiger partial charge in [0.05, 0.1) is 12.7 Å². The molecule has 25 heavy (non-hydrogen) atoms. The third-order valence-corrected chi connectivity index (χ3v) is 5.18. The van der Waals surface area contributed by atoms with Crippen LogP contribution >= 0.6 is 11.8 Å². The molecule has 1 amide bonds. The fraction of sp³-hybridized carbons (Fsp3) is 0.278. The van der Waals surface area contributed by atoms with Gasteiger partial charge in [0.15, 0.2) is 5.16 Å². The van der Waals surface area contributed by atoms with Crippen molar-refractivity contribution in [3.05, 3.63) is 58.4 Å². The minimum Gasteiger partial charge on any atom is -0.497 e. The fourth-order valence-electron chi connectivity index (χ4n) is 2.92. The number of aromatic nitrogens is 2. The summed E-state index contributed by atoms with van der Waals surface area (Å²) in [6.45, 7) is 3.68. The Balaban J connectivity index is 2.10. The molecule has 1 aromatic carbocycles. The minimum atomic E-state index is -0.320. The molecule has 0 bridgehead atoms. The average molecular weight is 357 g/mol. The van der Waals surface area contributed by atoms with E-state index in [-0.39, 0.29) is 23.8 Å². The molecule has 0 radical (unpaired) electrons. The van der Waals surface area contributed by atoms with Crippen molar-refractivity contribution in [3.63, 3.8) is 0 Å². The number of nitrogens with zero attached hydrogens (tertiary/aromatic N) is 2. The summed E-state index contributed by atoms with van der Waals surface area (Å²) in [5.74, 6) is 1.44. The van der Waals surface area contributed by atoms with Crippen molar-refractivity contribution in [3.8, 4) is 5.75 Å². The predicted octanol–water partition coefficient (Wildman–Crippen LogP) is 2.54. The quantitative estimate of drug-likeness (QED) is 0.506. The molecule has 0 fully saturated rings. The van der Waals surface area contributed by atoms with Gasteiger partial charge in [-0.05, 0) is 17.7 Å². The minimum absolute atomic E-state index is 0.116. The zero-order chi connectivity index (χ0) is 18.0. The van der Waals surface area contributed by atoms with Gasteiger partial charge in [0.1, 0.15) is 11.6 Å². The molecule has 7 heteroatoms. The Kier molecular flexibility index (Phi) is 4.94. The highest BCUT2D eigenvalue weighted by Gasteiger charge is 2.32. The second-order valence-corrected chi connectivity index (χ2v) is 6.69. The molecule has 2 heterocycles. The molecule has 6 nitrogen and oxygen atoms in total. The molecule has 0 saturated heterocycles. The van der Waals surface area contributed by atoms with Gasteiger partial charge in [-0.1, -0.05) is 30.0 Å². The third kappa shape index (κ3) is 3.32. The van der Waals surface area contributed by atoms with Gasteiger partial charge in [-0.25, -0.2) is 0 Å². The number of nitrogens with one attached hydrogen (secondary N) is 1. The summed E-state index contributed by atoms with van der Waals surface area (Å²) >= 11 is 1.40. The number of fused-ring (bicyclic) bond motifs is 1. The fourth-order valence-corrected chi connectivity index (χ4v) is 3.62. The third-order valence-electron chi connectivity index (χ3n) is 4.15. The molecule has 2 aromatic rings. The van der Waals surface area contributed by atoms with E-state index in [1.165, 1.54) is 11.8 Å². The summed E-state index contributed by atoms with van der Waals surface area (Å²) in [5.41, 5.74) is 1.11. The average Bonchev–Trinajstić information content (AvgIpc) is 2.62. The smallest absolute Gasteiger partial charge is 0.279 e. The van der Waals surface area contributed by atoms with Gasteiger partial charge in [0.2, 0.25) is 5.91 Å². The normalized spacial score (nSPS) is 16.1. The first-order chi connectivity index (χ1) is 12.0. The van der Waals surface area contributed by atoms with E-state index in [0.29, 0.717) is 22.3 Å². The molecule has 3 rings (SSSR count). The zero-order valence-corrected chi connectivity index (χ0v) is 14.9. The summed E-state index contributed by atoms with van der Waals surface area (Å²) in [6, 6.07) is 7.42. The summed E-state index contributed by atoms with van der Waals surface area (Å²) in [5, 5.41) is 3.38. The number of rotatable bonds is 5. The Morgan fingerprint density at radius 1 is 1.40 bits per heavy atom. The Morgan fingerprint density at radius 3 is 2.76 bits per heavy atom. The van der Waals surface area contributed by atoms with Crippen LogP contribution in [0.2, 0.25) is 0 Å². The standard InChI is InChI=1S/C18H19N3O3S/c1-4-9-25-18-20-17(23)15-13(10-14(22)19-16(15)21(18)2)11-5-7-12(24-3)8-6-11/h4-8,13H,1,9-10H2,2-3H3,(H,19,22). The van der Waals surface area contributed by atoms with Crippen molar-refractivity contribution in [2.24, 2.45) is 7.05 Å². The number of carbonyl (C=O) groups is 1. The van der Waals surface area contributed by atoms with Gasteiger partial charge in [-0.2, -0.15) is 4.98 Å². The van der Waals surface area contributed by atoms with E-state index in [4.69, 9.17) is 4.74 Å². The van der Waals surface area contributed by atoms with Crippen LogP contribution in [0.4, 0.5) is 5.82 Å². The highest BCUT2D eigenvalue weighted by molar-refractivity contribution is 7.99. The summed E-state index contributed by atoms with van der Waals surface area (Å²) in [7, 11) is 3.40. The number of amides is 1. The van der Waals surface area contributed by atoms with Gasteiger partial charge < -0.3 is 14.6 Å². The summed E-state index contributed by atoms with van der Waals surface area (Å²) in [6.07, 6.45) is 1.96. The van der Waals surface area contributed by atoms with Crippen molar-refractivity contribution in [2.45, 2.75) is 17.5 Å². The molecular weight excluding hydrogens is 338 g/mol. The molecule has 1 N–H and O–H groups in total. The van der Waals surface area contributed by atoms with E-state index in [1.54, 1.807) is 24.8 Å². The maximum Gasteiger partial charge on any atom is 0.279 e. The second-order valence-electron chi connectivity index (χ2n) is 5.70. The molecule has 0 spiro atoms. The first-order valence-electron chi connectivity index (χ1n) is 7.83. The van der Waals surface area contributed by atoms with Gasteiger partial charge in [-0.15, -0.1) is 6.58 Å². The van der Waals surface area contributed by atoms with E-state index in [0.717, 1.165) is 11.3 Å². The van der Waals surface area contributed by atoms with Crippen LogP contribution in [0.3, 0.4) is 0 Å². The molecule has 1 aromatic heterocycles. The van der Waals surface area contributed by atoms with Crippen LogP contribution in [0.25, 0.3) is 0 Å². The Morgan fingerprint density at radius 2 is 2.12 bits per heavy atom. The molecule has 0 aliphatic carbocycles. The zero-order valence-electron chi connectivity index (χ0n) is 14.1. The summed E-state index contributed by atoms with van der Waals surface area (Å²) < 4.78 is 6.94. The number of thioether (sulfide) groups is 1. The molecule has 1 unspecified atom stereocenters. The maximum atomic E-state index is 12.7. The Labute approximate surface area is 149 Å². The summed E-state index contributed by atoms with van der Waals surface area (Å²) in [4.78, 5) is 29.1. The van der Waals surface area contributed by atoms with Crippen molar-refractivity contribution >= 4 is 23.5 Å². The molecule has 1 aliphatic rings. The second kappa shape index (κ2) is 7.14. The van der Waals surface area contributed by atoms with E-state index >= 15 is 0 Å². The first-order valence-corrected chi connectivity index (χ1v) is 8.82. The molecule has 0 saturated carbocycles. The van der Waals surface area contributed by atoms with E-state index in [1.807, 2.05) is 24.3 Å². The van der Waals surface area contributed by atoms with E-state index in [9.17, 15) is 9.59 Å². The van der Waals surface area contributed by atoms with Crippen molar-refractivity contribution in [1.29, 1.82) is 0 Å². The molecule has 130 valence electrons. The van der Waals surface area contributed by atoms with Crippen LogP contribution in [0, 0.1) is 0 Å². The molecule has 1 aliphatic heterocycles. The number of benzene rings is 1. The van der Waals surface area contributed by atoms with Gasteiger partial charge in [0.25, 0.3) is 5.56 Å². The number of hydrogen-bond donors (Lipinski definition) is 1. The topological polar surface area (TPSA) is 73.2 Å². The number of hydrogen-bond acceptors (Lipinski definition) is 5. The van der Waals surface area contributed by atoms with Crippen LogP contribution in [-0.4, -0.2) is 28.3 Å². The SMILES string of the molecule is C=CCSc1nc(=O)c2c(n1C)NC(=O)CC2c1ccc(OC)cc1. The molecule has 1 atom stereocenters. The largest absolute Gasteiger partial charge is 0.497 e. The highest BCUT2D eigenvalue weighted by Crippen LogP contribution is 2.36. The number of anilines is 1. The van der Waals surface area contributed by atoms with Crippen molar-refractivity contribution < 1.29 is 9.53 Å². The van der Waals surface area contributed by atoms with Crippen LogP contribution in [0.5, 0.6) is 5.75 Å². The van der Waals surface area contributed by atoms with Gasteiger partial charge in [-0.3, -0.25) is 9.59 Å². The van der Waals surface area contributed by atoms with Crippen LogP contribution < -0.4 is 15.6 Å². The lowest BCUT2D eigenvalue weighted by molar-refractivity contribution is -0.116. The lowest BCUT2D eigenvalue weighted by Crippen LogP contribution is -2.33. The van der Waals surface area contributed by atoms with Crippen LogP contribution in [0.1, 0.15) is 23.5 Å². The predicted molar refractivity (Wildman–Crippen MR) is 98.5 cm³/mol. The first kappa shape index (κ1) is 17.3. The molecular formula is C18H19N3O3S. The van der Waals surface area contributed by atoms with E-state index in [2.05, 4.69) is 16.9 Å². The number of methoxy groups -OCH3 is 1. The number of ether oxygens (including phenoxy) is 1. The number of carbonyl (C=O) groups excluding carboxylic acids is 1. The van der Waals surface area contributed by atoms with Crippen molar-refractivity contribution in [2.75, 3.05) is 18.2 Å². The lowest BCUT2D eigenvalue weighted by Gasteiger charge is -2.27. The van der Waals surface area contributed by atoms with Crippen LogP contribution in [0.15, 0.2) is 46.9 Å². The Hall–Kier alpha value is -2.54. The monoisotopic (exact) mass is 357 g/mol. The van der Waals surface area contributed by atoms with Gasteiger partial charge in [0, 0.05) is 25.1 Å². The Bertz CT molecular complexity index is 874. The van der Waals surface area contributed by atoms with Gasteiger partial charge >= 0.3 is 0 Å². The van der Waals surface area contributed by atoms with Crippen LogP contribution in [-0.2, 0) is 11.8 Å². The highest BCUT2D eigenvalue weighted by atomic mass is 32.2. The maximum absolute atomic E-state index is 12.7.